The molecular weight excluding hydrogens is 831 g/mol. The first-order valence-electron chi connectivity index (χ1n) is 21.3. The highest BCUT2D eigenvalue weighted by atomic mass is 16.7. The van der Waals surface area contributed by atoms with Crippen molar-refractivity contribution in [2.75, 3.05) is 30.4 Å². The maximum Gasteiger partial charge on any atom is 0.312 e. The fourth-order valence-corrected chi connectivity index (χ4v) is 8.97. The molecule has 0 aromatic heterocycles. The van der Waals surface area contributed by atoms with Gasteiger partial charge in [-0.25, -0.2) is 4.98 Å². The Labute approximate surface area is 368 Å². The predicted octanol–water partition coefficient (Wildman–Crippen LogP) is 5.31. The second-order valence-electron chi connectivity index (χ2n) is 17.3. The predicted molar refractivity (Wildman–Crippen MR) is 235 cm³/mol. The number of aliphatic hydroxyl groups is 3. The monoisotopic (exact) mass is 885 g/mol. The molecule has 17 heteroatoms. The molecule has 1 amide bonds. The summed E-state index contributed by atoms with van der Waals surface area (Å²) in [7, 11) is 1.42. The molecule has 64 heavy (non-hydrogen) atoms. The second kappa shape index (κ2) is 17.9. The van der Waals surface area contributed by atoms with E-state index in [0.29, 0.717) is 31.6 Å². The van der Waals surface area contributed by atoms with Crippen LogP contribution in [0.3, 0.4) is 0 Å². The van der Waals surface area contributed by atoms with Crippen LogP contribution in [0.5, 0.6) is 17.2 Å². The molecule has 0 unspecified atom stereocenters. The zero-order valence-electron chi connectivity index (χ0n) is 36.9. The summed E-state index contributed by atoms with van der Waals surface area (Å²) in [6.45, 7) is 11.9. The molecule has 6 N–H and O–H groups in total. The fourth-order valence-electron chi connectivity index (χ4n) is 8.97. The second-order valence-corrected chi connectivity index (χ2v) is 17.3. The first kappa shape index (κ1) is 46.0. The minimum Gasteiger partial charge on any atom is -0.507 e. The molecular formula is C47H55N3O14. The topological polar surface area (TPSA) is 248 Å². The zero-order chi connectivity index (χ0) is 46.5. The lowest BCUT2D eigenvalue weighted by Crippen LogP contribution is -2.46. The minimum atomic E-state index is -2.08. The quantitative estimate of drug-likeness (QED) is 0.0867. The van der Waals surface area contributed by atoms with Crippen LogP contribution in [0.25, 0.3) is 33.3 Å². The molecule has 2 aromatic carbocycles. The van der Waals surface area contributed by atoms with E-state index in [-0.39, 0.29) is 50.6 Å². The van der Waals surface area contributed by atoms with Crippen molar-refractivity contribution in [3.8, 4) is 28.7 Å². The summed E-state index contributed by atoms with van der Waals surface area (Å²) in [6.07, 6.45) is 3.91. The number of hydrogen-bond donors (Lipinski definition) is 6. The summed E-state index contributed by atoms with van der Waals surface area (Å²) in [5.74, 6) is -8.11. The Hall–Kier alpha value is -6.01. The van der Waals surface area contributed by atoms with E-state index in [2.05, 4.69) is 5.32 Å². The van der Waals surface area contributed by atoms with E-state index < -0.39 is 99.9 Å². The van der Waals surface area contributed by atoms with Crippen LogP contribution in [0.2, 0.25) is 0 Å². The maximum absolute atomic E-state index is 14.6. The normalized spacial score (nSPS) is 30.5. The van der Waals surface area contributed by atoms with Gasteiger partial charge in [-0.2, -0.15) is 0 Å². The number of fused-ring (bicyclic) bond motifs is 2. The first-order chi connectivity index (χ1) is 30.3. The van der Waals surface area contributed by atoms with E-state index in [4.69, 9.17) is 28.3 Å². The number of ether oxygens (including phenoxy) is 4. The Balaban J connectivity index is 1.43. The Morgan fingerprint density at radius 1 is 0.938 bits per heavy atom. The van der Waals surface area contributed by atoms with Crippen LogP contribution in [0.1, 0.15) is 71.7 Å². The Morgan fingerprint density at radius 3 is 2.31 bits per heavy atom. The van der Waals surface area contributed by atoms with E-state index in [9.17, 15) is 44.7 Å². The number of hydrogen-bond acceptors (Lipinski definition) is 16. The maximum atomic E-state index is 14.6. The molecule has 4 bridgehead atoms. The molecule has 1 aliphatic carbocycles. The van der Waals surface area contributed by atoms with Gasteiger partial charge in [0.15, 0.2) is 11.3 Å². The summed E-state index contributed by atoms with van der Waals surface area (Å²) >= 11 is 0. The van der Waals surface area contributed by atoms with Crippen LogP contribution in [0.4, 0.5) is 11.4 Å². The highest BCUT2D eigenvalue weighted by molar-refractivity contribution is 6.22. The number of aromatic hydroxyl groups is 2. The van der Waals surface area contributed by atoms with E-state index in [1.54, 1.807) is 45.9 Å². The smallest absolute Gasteiger partial charge is 0.312 e. The van der Waals surface area contributed by atoms with Gasteiger partial charge in [0, 0.05) is 92.6 Å². The fraction of sp³-hybridized carbons (Fsp3) is 0.468. The van der Waals surface area contributed by atoms with Gasteiger partial charge >= 0.3 is 11.8 Å². The molecule has 2 aromatic rings. The van der Waals surface area contributed by atoms with Crippen molar-refractivity contribution in [3.63, 3.8) is 0 Å². The molecule has 7 rings (SSSR count). The number of rotatable bonds is 3. The number of phenolic OH excluding ortho intramolecular Hbond substituents is 2. The Bertz CT molecular complexity index is 2610. The number of carbonyl (C=O) groups is 3. The van der Waals surface area contributed by atoms with Gasteiger partial charge in [-0.1, -0.05) is 45.9 Å². The number of benzene rings is 3. The number of amides is 1. The molecule has 5 aliphatic rings. The summed E-state index contributed by atoms with van der Waals surface area (Å²) in [5, 5.41) is 58.0. The van der Waals surface area contributed by atoms with Crippen molar-refractivity contribution in [1.82, 2.24) is 4.98 Å². The number of Topliss-reactive ketones (excluding diaryl/α,β-unsaturated/α-hetero) is 1. The van der Waals surface area contributed by atoms with Gasteiger partial charge in [0.2, 0.25) is 5.43 Å². The van der Waals surface area contributed by atoms with Crippen molar-refractivity contribution in [2.24, 2.45) is 23.7 Å². The lowest BCUT2D eigenvalue weighted by molar-refractivity contribution is -0.160. The van der Waals surface area contributed by atoms with Crippen molar-refractivity contribution in [2.45, 2.75) is 97.6 Å². The summed E-state index contributed by atoms with van der Waals surface area (Å²) < 4.78 is 30.0. The van der Waals surface area contributed by atoms with Crippen molar-refractivity contribution >= 4 is 50.9 Å². The van der Waals surface area contributed by atoms with Gasteiger partial charge in [-0.15, -0.1) is 0 Å². The summed E-state index contributed by atoms with van der Waals surface area (Å²) in [4.78, 5) is 62.2. The number of methoxy groups -OCH3 is 1. The number of anilines is 2. The van der Waals surface area contributed by atoms with E-state index >= 15 is 0 Å². The Kier molecular flexibility index (Phi) is 12.8. The zero-order valence-corrected chi connectivity index (χ0v) is 36.9. The van der Waals surface area contributed by atoms with Gasteiger partial charge < -0.3 is 59.1 Å². The molecule has 0 radical (unpaired) electrons. The van der Waals surface area contributed by atoms with Crippen molar-refractivity contribution < 1.29 is 63.3 Å². The van der Waals surface area contributed by atoms with Gasteiger partial charge in [-0.3, -0.25) is 19.2 Å². The van der Waals surface area contributed by atoms with E-state index in [0.717, 1.165) is 6.07 Å². The van der Waals surface area contributed by atoms with Gasteiger partial charge in [-0.05, 0) is 25.8 Å². The number of aliphatic hydroxyl groups excluding tert-OH is 3. The highest BCUT2D eigenvalue weighted by Gasteiger charge is 2.49. The van der Waals surface area contributed by atoms with Crippen molar-refractivity contribution in [1.29, 1.82) is 0 Å². The van der Waals surface area contributed by atoms with Gasteiger partial charge in [0.25, 0.3) is 11.7 Å². The molecule has 0 saturated carbocycles. The van der Waals surface area contributed by atoms with Crippen LogP contribution >= 0.6 is 0 Å². The van der Waals surface area contributed by atoms with Gasteiger partial charge in [0.05, 0.1) is 41.6 Å². The number of nitrogens with zero attached hydrogens (tertiary/aromatic N) is 2. The van der Waals surface area contributed by atoms with Crippen LogP contribution in [0.15, 0.2) is 63.6 Å². The lowest BCUT2D eigenvalue weighted by Gasteiger charge is -2.38. The number of phenols is 2. The van der Waals surface area contributed by atoms with Crippen LogP contribution < -0.4 is 20.4 Å². The van der Waals surface area contributed by atoms with Gasteiger partial charge in [0.1, 0.15) is 40.3 Å². The minimum absolute atomic E-state index is 0.0306. The van der Waals surface area contributed by atoms with Crippen LogP contribution in [-0.2, 0) is 23.8 Å². The molecule has 0 spiro atoms. The van der Waals surface area contributed by atoms with E-state index in [1.807, 2.05) is 4.90 Å². The molecule has 4 heterocycles. The average molecular weight is 886 g/mol. The third kappa shape index (κ3) is 8.40. The third-order valence-electron chi connectivity index (χ3n) is 12.9. The standard InChI is InChI=1S/C47H55N3O14/c1-21-10-9-11-22(2)46(59)49-39-42(57)34-29(53)20-32-35(36(34)38-44(39)63-33-19-27(18-30(54)37(33)48-38)50-15-12-28(52)13-16-50)45(58)47(7,64-32)61-17-14-31(60-8)23(3)43(62-26(6)51)25(5)41(56)24(4)40(21)55/h9-11,14,17-21,23-25,28,31,40-41,43,52-56H,12-13,15-16H2,1-8H3,(H,49,59)/b10-9+,17-14+,22-11-/t21-,23+,24+,25+,31-,40-,41+,43+,47-/m0/s1. The number of ketones is 1. The lowest BCUT2D eigenvalue weighted by atomic mass is 9.78. The number of aromatic nitrogens is 1. The molecule has 1 saturated heterocycles. The molecule has 4 aliphatic heterocycles. The largest absolute Gasteiger partial charge is 0.507 e. The van der Waals surface area contributed by atoms with Crippen LogP contribution in [-0.4, -0.2) is 105 Å². The number of carbonyl (C=O) groups excluding carboxylic acids is 3. The third-order valence-corrected chi connectivity index (χ3v) is 12.9. The van der Waals surface area contributed by atoms with Crippen molar-refractivity contribution in [3.05, 3.63) is 70.1 Å². The molecule has 342 valence electrons. The SMILES string of the molecule is CO[C@H]1/C=C/O[C@@]2(C)Oc3cc(O)c4c(=O)c(c5oc6cc(N7CCC(O)CC7)cc(O)c6nc-5c4c3C2=O)NC(=O)/C(C)=C\C=C\[C@H](C)[C@H](O)[C@@H](C)[C@@H](O)[C@@H](C)[C@H](OC(C)=O)[C@@H]1C. The summed E-state index contributed by atoms with van der Waals surface area (Å²) in [6, 6.07) is 4.20. The molecule has 1 fully saturated rings. The molecule has 9 atom stereocenters. The first-order valence-corrected chi connectivity index (χ1v) is 21.3. The highest BCUT2D eigenvalue weighted by Crippen LogP contribution is 2.49. The molecule has 17 nitrogen and oxygen atoms in total. The van der Waals surface area contributed by atoms with E-state index in [1.165, 1.54) is 52.4 Å². The number of piperidine rings is 1. The number of allylic oxidation sites excluding steroid dienone is 2. The summed E-state index contributed by atoms with van der Waals surface area (Å²) in [5.41, 5.74) is -1.02. The van der Waals surface area contributed by atoms with Crippen LogP contribution in [0, 0.1) is 23.7 Å². The average Bonchev–Trinajstić information content (AvgIpc) is 3.50. The Morgan fingerprint density at radius 2 is 1.64 bits per heavy atom. The number of esters is 1. The number of nitrogens with one attached hydrogen (secondary N) is 1.